The van der Waals surface area contributed by atoms with E-state index < -0.39 is 26.0 Å². The minimum absolute atomic E-state index is 0.00961. The van der Waals surface area contributed by atoms with Crippen molar-refractivity contribution in [2.24, 2.45) is 0 Å². The van der Waals surface area contributed by atoms with E-state index in [4.69, 9.17) is 11.6 Å². The molecule has 0 saturated carbocycles. The van der Waals surface area contributed by atoms with Crippen LogP contribution in [0.25, 0.3) is 0 Å². The third kappa shape index (κ3) is 6.20. The highest BCUT2D eigenvalue weighted by Crippen LogP contribution is 2.22. The lowest BCUT2D eigenvalue weighted by Gasteiger charge is -2.12. The van der Waals surface area contributed by atoms with Gasteiger partial charge in [0.1, 0.15) is 0 Å². The Hall–Kier alpha value is -3.08. The molecular formula is C20H18ClN3O5S2. The third-order valence-electron chi connectivity index (χ3n) is 3.97. The predicted molar refractivity (Wildman–Crippen MR) is 122 cm³/mol. The van der Waals surface area contributed by atoms with E-state index in [1.807, 2.05) is 0 Å². The van der Waals surface area contributed by atoms with E-state index in [-0.39, 0.29) is 16.1 Å². The molecule has 0 aromatic heterocycles. The summed E-state index contributed by atoms with van der Waals surface area (Å²) in [4.78, 5) is 12.6. The number of amides is 1. The van der Waals surface area contributed by atoms with E-state index >= 15 is 0 Å². The smallest absolute Gasteiger partial charge is 0.261 e. The summed E-state index contributed by atoms with van der Waals surface area (Å²) in [6, 6.07) is 18.0. The summed E-state index contributed by atoms with van der Waals surface area (Å²) < 4.78 is 52.8. The molecule has 0 radical (unpaired) electrons. The fourth-order valence-electron chi connectivity index (χ4n) is 2.65. The van der Waals surface area contributed by atoms with Crippen molar-refractivity contribution in [1.29, 1.82) is 0 Å². The minimum atomic E-state index is -3.85. The largest absolute Gasteiger partial charge is 0.322 e. The van der Waals surface area contributed by atoms with Gasteiger partial charge in [-0.2, -0.15) is 0 Å². The standard InChI is InChI=1S/C20H18ClN3O5S2/c1-30(26,27)24-19-8-3-2-7-18(19)20(25)22-15-9-11-17(12-10-15)31(28,29)23-16-6-4-5-14(21)13-16/h2-13,23-24H,1H3,(H,22,25). The van der Waals surface area contributed by atoms with Gasteiger partial charge in [0.2, 0.25) is 10.0 Å². The number of anilines is 3. The van der Waals surface area contributed by atoms with Crippen molar-refractivity contribution in [2.75, 3.05) is 21.0 Å². The number of benzene rings is 3. The van der Waals surface area contributed by atoms with Crippen molar-refractivity contribution in [3.8, 4) is 0 Å². The van der Waals surface area contributed by atoms with Crippen molar-refractivity contribution < 1.29 is 21.6 Å². The highest BCUT2D eigenvalue weighted by Gasteiger charge is 2.16. The minimum Gasteiger partial charge on any atom is -0.322 e. The number of rotatable bonds is 7. The summed E-state index contributed by atoms with van der Waals surface area (Å²) in [6.07, 6.45) is 0.984. The second kappa shape index (κ2) is 8.96. The van der Waals surface area contributed by atoms with E-state index in [0.717, 1.165) is 6.26 Å². The first kappa shape index (κ1) is 22.6. The molecule has 31 heavy (non-hydrogen) atoms. The van der Waals surface area contributed by atoms with Crippen molar-refractivity contribution in [3.63, 3.8) is 0 Å². The highest BCUT2D eigenvalue weighted by molar-refractivity contribution is 7.92. The van der Waals surface area contributed by atoms with Gasteiger partial charge in [0.25, 0.3) is 15.9 Å². The lowest BCUT2D eigenvalue weighted by molar-refractivity contribution is 0.102. The van der Waals surface area contributed by atoms with Crippen molar-refractivity contribution in [2.45, 2.75) is 4.90 Å². The first-order valence-corrected chi connectivity index (χ1v) is 12.6. The Kier molecular flexibility index (Phi) is 6.54. The Morgan fingerprint density at radius 2 is 1.48 bits per heavy atom. The molecular weight excluding hydrogens is 462 g/mol. The first-order valence-electron chi connectivity index (χ1n) is 8.80. The number of para-hydroxylation sites is 1. The Bertz CT molecular complexity index is 1320. The zero-order valence-electron chi connectivity index (χ0n) is 16.2. The van der Waals surface area contributed by atoms with E-state index in [1.54, 1.807) is 30.3 Å². The van der Waals surface area contributed by atoms with Crippen LogP contribution in [-0.4, -0.2) is 29.0 Å². The number of carbonyl (C=O) groups is 1. The summed E-state index contributed by atoms with van der Waals surface area (Å²) in [5, 5.41) is 3.01. The molecule has 1 amide bonds. The number of hydrogen-bond donors (Lipinski definition) is 3. The van der Waals surface area contributed by atoms with Crippen LogP contribution in [0.3, 0.4) is 0 Å². The lowest BCUT2D eigenvalue weighted by atomic mass is 10.1. The number of halogens is 1. The molecule has 162 valence electrons. The normalized spacial score (nSPS) is 11.5. The number of sulfonamides is 2. The average Bonchev–Trinajstić information content (AvgIpc) is 2.67. The molecule has 0 atom stereocenters. The van der Waals surface area contributed by atoms with Gasteiger partial charge in [-0.05, 0) is 54.6 Å². The molecule has 3 rings (SSSR count). The van der Waals surface area contributed by atoms with E-state index in [1.165, 1.54) is 42.5 Å². The molecule has 8 nitrogen and oxygen atoms in total. The van der Waals surface area contributed by atoms with Crippen LogP contribution >= 0.6 is 11.6 Å². The highest BCUT2D eigenvalue weighted by atomic mass is 35.5. The molecule has 3 aromatic rings. The van der Waals surface area contributed by atoms with E-state index in [0.29, 0.717) is 16.4 Å². The zero-order valence-corrected chi connectivity index (χ0v) is 18.6. The van der Waals surface area contributed by atoms with Crippen LogP contribution in [0.15, 0.2) is 77.7 Å². The van der Waals surface area contributed by atoms with Crippen LogP contribution in [-0.2, 0) is 20.0 Å². The monoisotopic (exact) mass is 479 g/mol. The first-order chi connectivity index (χ1) is 14.5. The molecule has 0 fully saturated rings. The number of carbonyl (C=O) groups excluding carboxylic acids is 1. The zero-order chi connectivity index (χ0) is 22.6. The Labute approximate surface area is 185 Å². The van der Waals surface area contributed by atoms with Crippen molar-refractivity contribution >= 4 is 54.6 Å². The SMILES string of the molecule is CS(=O)(=O)Nc1ccccc1C(=O)Nc1ccc(S(=O)(=O)Nc2cccc(Cl)c2)cc1. The van der Waals surface area contributed by atoms with Gasteiger partial charge in [-0.3, -0.25) is 14.2 Å². The fourth-order valence-corrected chi connectivity index (χ4v) is 4.47. The van der Waals surface area contributed by atoms with Crippen LogP contribution in [0, 0.1) is 0 Å². The average molecular weight is 480 g/mol. The molecule has 0 aliphatic carbocycles. The molecule has 0 unspecified atom stereocenters. The summed E-state index contributed by atoms with van der Waals surface area (Å²) >= 11 is 5.87. The molecule has 0 aliphatic rings. The van der Waals surface area contributed by atoms with Gasteiger partial charge in [0.05, 0.1) is 28.1 Å². The molecule has 0 spiro atoms. The van der Waals surface area contributed by atoms with Gasteiger partial charge in [0, 0.05) is 10.7 Å². The predicted octanol–water partition coefficient (Wildman–Crippen LogP) is 3.76. The molecule has 3 N–H and O–H groups in total. The molecule has 0 aliphatic heterocycles. The van der Waals surface area contributed by atoms with E-state index in [9.17, 15) is 21.6 Å². The van der Waals surface area contributed by atoms with Gasteiger partial charge in [-0.25, -0.2) is 16.8 Å². The topological polar surface area (TPSA) is 121 Å². The molecule has 3 aromatic carbocycles. The van der Waals surface area contributed by atoms with Crippen LogP contribution < -0.4 is 14.8 Å². The third-order valence-corrected chi connectivity index (χ3v) is 6.19. The fraction of sp³-hybridized carbons (Fsp3) is 0.0500. The molecule has 11 heteroatoms. The Morgan fingerprint density at radius 3 is 2.13 bits per heavy atom. The van der Waals surface area contributed by atoms with Gasteiger partial charge in [-0.15, -0.1) is 0 Å². The van der Waals surface area contributed by atoms with Crippen molar-refractivity contribution in [1.82, 2.24) is 0 Å². The molecule has 0 saturated heterocycles. The number of hydrogen-bond acceptors (Lipinski definition) is 5. The van der Waals surface area contributed by atoms with Gasteiger partial charge >= 0.3 is 0 Å². The van der Waals surface area contributed by atoms with Crippen LogP contribution in [0.2, 0.25) is 5.02 Å². The maximum Gasteiger partial charge on any atom is 0.261 e. The molecule has 0 bridgehead atoms. The Morgan fingerprint density at radius 1 is 0.806 bits per heavy atom. The van der Waals surface area contributed by atoms with Gasteiger partial charge in [-0.1, -0.05) is 29.8 Å². The van der Waals surface area contributed by atoms with Crippen LogP contribution in [0.4, 0.5) is 17.1 Å². The quantitative estimate of drug-likeness (QED) is 0.476. The summed E-state index contributed by atoms with van der Waals surface area (Å²) in [5.41, 5.74) is 0.903. The second-order valence-electron chi connectivity index (χ2n) is 6.51. The molecule has 0 heterocycles. The summed E-state index contributed by atoms with van der Waals surface area (Å²) in [5.74, 6) is -0.556. The summed E-state index contributed by atoms with van der Waals surface area (Å²) in [7, 11) is -7.42. The summed E-state index contributed by atoms with van der Waals surface area (Å²) in [6.45, 7) is 0. The Balaban J connectivity index is 1.76. The van der Waals surface area contributed by atoms with Crippen LogP contribution in [0.1, 0.15) is 10.4 Å². The van der Waals surface area contributed by atoms with Crippen LogP contribution in [0.5, 0.6) is 0 Å². The van der Waals surface area contributed by atoms with Gasteiger partial charge < -0.3 is 5.32 Å². The maximum absolute atomic E-state index is 12.6. The van der Waals surface area contributed by atoms with E-state index in [2.05, 4.69) is 14.8 Å². The lowest BCUT2D eigenvalue weighted by Crippen LogP contribution is -2.17. The maximum atomic E-state index is 12.6. The number of nitrogens with one attached hydrogen (secondary N) is 3. The van der Waals surface area contributed by atoms with Gasteiger partial charge in [0.15, 0.2) is 0 Å². The second-order valence-corrected chi connectivity index (χ2v) is 10.4. The van der Waals surface area contributed by atoms with Crippen molar-refractivity contribution in [3.05, 3.63) is 83.4 Å².